The number of Topliss-reactive ketones (excluding diaryl/α,β-unsaturated/α-hetero) is 1. The van der Waals surface area contributed by atoms with Crippen molar-refractivity contribution >= 4 is 42.1 Å². The highest BCUT2D eigenvalue weighted by molar-refractivity contribution is 7.81. The molecule has 2 rings (SSSR count). The van der Waals surface area contributed by atoms with Crippen molar-refractivity contribution in [1.82, 2.24) is 16.0 Å². The van der Waals surface area contributed by atoms with E-state index in [4.69, 9.17) is 22.6 Å². The first-order chi connectivity index (χ1) is 20.7. The van der Waals surface area contributed by atoms with Crippen molar-refractivity contribution < 1.29 is 23.9 Å². The van der Waals surface area contributed by atoms with E-state index in [0.29, 0.717) is 6.42 Å². The topological polar surface area (TPSA) is 178 Å². The first-order valence-electron chi connectivity index (χ1n) is 13.9. The monoisotopic (exact) mass is 608 g/mol. The molecule has 12 heteroatoms. The molecule has 11 nitrogen and oxygen atoms in total. The molecule has 3 amide bonds. The normalized spacial score (nSPS) is 12.6. The second-order valence-electron chi connectivity index (χ2n) is 9.70. The van der Waals surface area contributed by atoms with Gasteiger partial charge in [-0.2, -0.15) is 12.6 Å². The molecule has 0 saturated carbocycles. The molecule has 0 heterocycles. The zero-order valence-electron chi connectivity index (χ0n) is 24.0. The second kappa shape index (κ2) is 19.7. The Bertz CT molecular complexity index is 1250. The van der Waals surface area contributed by atoms with Gasteiger partial charge in [-0.15, -0.1) is 6.42 Å². The van der Waals surface area contributed by atoms with Gasteiger partial charge in [0.15, 0.2) is 11.7 Å². The Kier molecular flexibility index (Phi) is 16.0. The van der Waals surface area contributed by atoms with Gasteiger partial charge in [-0.3, -0.25) is 24.2 Å². The van der Waals surface area contributed by atoms with Crippen molar-refractivity contribution in [2.45, 2.75) is 50.2 Å². The molecule has 0 saturated heterocycles. The predicted molar refractivity (Wildman–Crippen MR) is 169 cm³/mol. The van der Waals surface area contributed by atoms with Crippen molar-refractivity contribution in [3.63, 3.8) is 0 Å². The largest absolute Gasteiger partial charge is 0.370 e. The third kappa shape index (κ3) is 13.9. The summed E-state index contributed by atoms with van der Waals surface area (Å²) in [4.78, 5) is 56.4. The number of nitrogens with two attached hydrogens (primary N) is 2. The van der Waals surface area contributed by atoms with Gasteiger partial charge in [0.2, 0.25) is 17.7 Å². The SMILES string of the molecule is C#CCOCCC(=O)N[C@H](Cc1ccccc1)C(=O)N[C@@H](Cc1ccccc1)C(=O)N[C@@H](CCCN=C(N)N)C(=O)CS. The molecule has 0 aromatic heterocycles. The van der Waals surface area contributed by atoms with Crippen LogP contribution in [0.4, 0.5) is 0 Å². The van der Waals surface area contributed by atoms with E-state index < -0.39 is 35.8 Å². The van der Waals surface area contributed by atoms with E-state index in [1.807, 2.05) is 60.7 Å². The molecule has 0 bridgehead atoms. The quantitative estimate of drug-likeness (QED) is 0.0443. The molecular formula is C31H40N6O5S. The van der Waals surface area contributed by atoms with Crippen molar-refractivity contribution in [2.24, 2.45) is 16.5 Å². The molecule has 2 aromatic rings. The van der Waals surface area contributed by atoms with Crippen molar-refractivity contribution in [1.29, 1.82) is 0 Å². The van der Waals surface area contributed by atoms with E-state index in [2.05, 4.69) is 39.5 Å². The predicted octanol–water partition coefficient (Wildman–Crippen LogP) is 0.519. The van der Waals surface area contributed by atoms with E-state index in [9.17, 15) is 19.2 Å². The van der Waals surface area contributed by atoms with E-state index in [-0.39, 0.29) is 62.9 Å². The minimum atomic E-state index is -1.04. The number of carbonyl (C=O) groups excluding carboxylic acids is 4. The number of hydrogen-bond acceptors (Lipinski definition) is 7. The lowest BCUT2D eigenvalue weighted by atomic mass is 10.0. The Morgan fingerprint density at radius 2 is 1.40 bits per heavy atom. The van der Waals surface area contributed by atoms with Gasteiger partial charge in [-0.1, -0.05) is 66.6 Å². The number of carbonyl (C=O) groups is 4. The maximum Gasteiger partial charge on any atom is 0.243 e. The van der Waals surface area contributed by atoms with Crippen LogP contribution in [-0.4, -0.2) is 73.1 Å². The fourth-order valence-electron chi connectivity index (χ4n) is 4.15. The number of ketones is 1. The molecule has 0 aliphatic carbocycles. The van der Waals surface area contributed by atoms with Gasteiger partial charge in [-0.05, 0) is 24.0 Å². The maximum atomic E-state index is 13.6. The van der Waals surface area contributed by atoms with Crippen LogP contribution in [0.3, 0.4) is 0 Å². The summed E-state index contributed by atoms with van der Waals surface area (Å²) >= 11 is 4.09. The van der Waals surface area contributed by atoms with Crippen molar-refractivity contribution in [3.8, 4) is 12.3 Å². The summed E-state index contributed by atoms with van der Waals surface area (Å²) in [5.41, 5.74) is 12.4. The molecule has 230 valence electrons. The van der Waals surface area contributed by atoms with Crippen molar-refractivity contribution in [2.75, 3.05) is 25.5 Å². The van der Waals surface area contributed by atoms with Crippen LogP contribution in [0.15, 0.2) is 65.7 Å². The number of rotatable bonds is 19. The Morgan fingerprint density at radius 3 is 1.91 bits per heavy atom. The third-order valence-electron chi connectivity index (χ3n) is 6.32. The Labute approximate surface area is 258 Å². The summed E-state index contributed by atoms with van der Waals surface area (Å²) in [6.45, 7) is 0.453. The standard InChI is InChI=1S/C31H40N6O5S/c1-2-17-42-18-15-28(39)35-25(19-22-10-5-3-6-11-22)29(40)37-26(20-23-12-7-4-8-13-23)30(41)36-24(27(38)21-43)14-9-16-34-31(32)33/h1,3-8,10-13,24-26,43H,9,14-21H2,(H,35,39)(H,36,41)(H,37,40)(H4,32,33,34)/t24-,25+,26-/m0/s1. The number of terminal acetylenes is 1. The molecule has 2 aromatic carbocycles. The molecule has 3 atom stereocenters. The number of guanidine groups is 1. The van der Waals surface area contributed by atoms with Gasteiger partial charge >= 0.3 is 0 Å². The van der Waals surface area contributed by atoms with E-state index in [1.54, 1.807) is 0 Å². The fourth-order valence-corrected chi connectivity index (χ4v) is 4.37. The van der Waals surface area contributed by atoms with Crippen LogP contribution in [0.5, 0.6) is 0 Å². The molecule has 43 heavy (non-hydrogen) atoms. The van der Waals surface area contributed by atoms with Crippen LogP contribution in [-0.2, 0) is 36.8 Å². The van der Waals surface area contributed by atoms with Gasteiger partial charge in [-0.25, -0.2) is 0 Å². The van der Waals surface area contributed by atoms with Crippen LogP contribution in [0.2, 0.25) is 0 Å². The fraction of sp³-hybridized carbons (Fsp3) is 0.387. The van der Waals surface area contributed by atoms with Gasteiger partial charge in [0.1, 0.15) is 18.7 Å². The second-order valence-corrected chi connectivity index (χ2v) is 10.0. The Morgan fingerprint density at radius 1 is 0.860 bits per heavy atom. The Hall–Kier alpha value is -4.34. The molecule has 7 N–H and O–H groups in total. The molecule has 0 aliphatic rings. The highest BCUT2D eigenvalue weighted by Crippen LogP contribution is 2.09. The number of thiol groups is 1. The smallest absolute Gasteiger partial charge is 0.243 e. The molecule has 0 aliphatic heterocycles. The summed E-state index contributed by atoms with van der Waals surface area (Å²) < 4.78 is 5.19. The molecule has 0 spiro atoms. The van der Waals surface area contributed by atoms with Crippen LogP contribution in [0, 0.1) is 12.3 Å². The summed E-state index contributed by atoms with van der Waals surface area (Å²) in [6, 6.07) is 15.5. The number of amides is 3. The van der Waals surface area contributed by atoms with Gasteiger partial charge in [0.25, 0.3) is 0 Å². The molecular weight excluding hydrogens is 568 g/mol. The lowest BCUT2D eigenvalue weighted by Gasteiger charge is -2.25. The number of nitrogens with one attached hydrogen (secondary N) is 3. The van der Waals surface area contributed by atoms with Gasteiger partial charge in [0.05, 0.1) is 24.8 Å². The van der Waals surface area contributed by atoms with E-state index in [1.165, 1.54) is 0 Å². The van der Waals surface area contributed by atoms with E-state index >= 15 is 0 Å². The van der Waals surface area contributed by atoms with Gasteiger partial charge < -0.3 is 32.2 Å². The lowest BCUT2D eigenvalue weighted by Crippen LogP contribution is -2.57. The zero-order chi connectivity index (χ0) is 31.5. The summed E-state index contributed by atoms with van der Waals surface area (Å²) in [7, 11) is 0. The van der Waals surface area contributed by atoms with Crippen LogP contribution < -0.4 is 27.4 Å². The molecule has 0 fully saturated rings. The van der Waals surface area contributed by atoms with Crippen LogP contribution in [0.1, 0.15) is 30.4 Å². The average molecular weight is 609 g/mol. The Balaban J connectivity index is 2.24. The lowest BCUT2D eigenvalue weighted by molar-refractivity contribution is -0.133. The number of benzene rings is 2. The highest BCUT2D eigenvalue weighted by Gasteiger charge is 2.29. The number of ether oxygens (including phenoxy) is 1. The zero-order valence-corrected chi connectivity index (χ0v) is 24.9. The summed E-state index contributed by atoms with van der Waals surface area (Å²) in [5, 5.41) is 8.32. The van der Waals surface area contributed by atoms with Gasteiger partial charge in [0, 0.05) is 19.4 Å². The first kappa shape index (κ1) is 34.9. The maximum absolute atomic E-state index is 13.6. The molecule has 0 unspecified atom stereocenters. The summed E-state index contributed by atoms with van der Waals surface area (Å²) in [5.74, 6) is 0.388. The number of aliphatic imine (C=N–C) groups is 1. The van der Waals surface area contributed by atoms with Crippen LogP contribution in [0.25, 0.3) is 0 Å². The van der Waals surface area contributed by atoms with E-state index in [0.717, 1.165) is 11.1 Å². The highest BCUT2D eigenvalue weighted by atomic mass is 32.1. The summed E-state index contributed by atoms with van der Waals surface area (Å²) in [6.07, 6.45) is 6.24. The minimum Gasteiger partial charge on any atom is -0.370 e. The number of nitrogens with zero attached hydrogens (tertiary/aromatic N) is 1. The van der Waals surface area contributed by atoms with Crippen molar-refractivity contribution in [3.05, 3.63) is 71.8 Å². The first-order valence-corrected chi connectivity index (χ1v) is 14.5. The third-order valence-corrected chi connectivity index (χ3v) is 6.63. The minimum absolute atomic E-state index is 0.00154. The van der Waals surface area contributed by atoms with Crippen LogP contribution >= 0.6 is 12.6 Å². The molecule has 0 radical (unpaired) electrons. The average Bonchev–Trinajstić information content (AvgIpc) is 3.00. The number of hydrogen-bond donors (Lipinski definition) is 6.